The molecule has 0 saturated heterocycles. The molecular formula is C9H7BrOS. The first-order valence-corrected chi connectivity index (χ1v) is 5.25. The molecule has 0 atom stereocenters. The molecule has 1 N–H and O–H groups in total. The van der Waals surface area contributed by atoms with E-state index in [1.807, 2.05) is 17.5 Å². The number of halogens is 1. The summed E-state index contributed by atoms with van der Waals surface area (Å²) in [5.41, 5.74) is 1.01. The van der Waals surface area contributed by atoms with Crippen LogP contribution in [-0.4, -0.2) is 5.11 Å². The maximum Gasteiger partial charge on any atom is 0.0696 e. The van der Waals surface area contributed by atoms with Crippen LogP contribution in [0.1, 0.15) is 5.56 Å². The van der Waals surface area contributed by atoms with Gasteiger partial charge in [0.25, 0.3) is 0 Å². The minimum atomic E-state index is 0.121. The molecule has 0 aliphatic rings. The highest BCUT2D eigenvalue weighted by atomic mass is 79.9. The van der Waals surface area contributed by atoms with Gasteiger partial charge in [0.15, 0.2) is 0 Å². The summed E-state index contributed by atoms with van der Waals surface area (Å²) in [6, 6.07) is 6.11. The van der Waals surface area contributed by atoms with Gasteiger partial charge in [-0.25, -0.2) is 0 Å². The topological polar surface area (TPSA) is 20.2 Å². The Hall–Kier alpha value is -0.380. The number of rotatable bonds is 1. The molecule has 1 heterocycles. The Labute approximate surface area is 82.8 Å². The smallest absolute Gasteiger partial charge is 0.0696 e. The maximum atomic E-state index is 9.01. The van der Waals surface area contributed by atoms with Crippen LogP contribution in [0.2, 0.25) is 0 Å². The second-order valence-corrected chi connectivity index (χ2v) is 4.39. The van der Waals surface area contributed by atoms with Crippen molar-refractivity contribution in [3.63, 3.8) is 0 Å². The number of hydrogen-bond donors (Lipinski definition) is 1. The van der Waals surface area contributed by atoms with Gasteiger partial charge in [-0.3, -0.25) is 0 Å². The fourth-order valence-corrected chi connectivity index (χ4v) is 2.47. The zero-order valence-electron chi connectivity index (χ0n) is 6.25. The van der Waals surface area contributed by atoms with Gasteiger partial charge in [-0.05, 0) is 34.5 Å². The lowest BCUT2D eigenvalue weighted by Gasteiger charge is -1.93. The predicted molar refractivity (Wildman–Crippen MR) is 55.4 cm³/mol. The average Bonchev–Trinajstić information content (AvgIpc) is 2.46. The highest BCUT2D eigenvalue weighted by Crippen LogP contribution is 2.28. The van der Waals surface area contributed by atoms with Gasteiger partial charge in [0, 0.05) is 9.17 Å². The van der Waals surface area contributed by atoms with Crippen molar-refractivity contribution in [1.82, 2.24) is 0 Å². The molecule has 1 nitrogen and oxygen atoms in total. The van der Waals surface area contributed by atoms with E-state index in [-0.39, 0.29) is 6.61 Å². The van der Waals surface area contributed by atoms with Crippen molar-refractivity contribution in [3.05, 3.63) is 33.6 Å². The van der Waals surface area contributed by atoms with E-state index in [0.717, 1.165) is 15.4 Å². The first kappa shape index (κ1) is 8.23. The van der Waals surface area contributed by atoms with Gasteiger partial charge >= 0.3 is 0 Å². The number of aliphatic hydroxyl groups is 1. The molecule has 3 heteroatoms. The molecule has 0 unspecified atom stereocenters. The van der Waals surface area contributed by atoms with Crippen molar-refractivity contribution >= 4 is 37.4 Å². The molecule has 0 bridgehead atoms. The van der Waals surface area contributed by atoms with Gasteiger partial charge in [0.1, 0.15) is 0 Å². The fraction of sp³-hybridized carbons (Fsp3) is 0.111. The molecule has 62 valence electrons. The molecule has 2 aromatic rings. The van der Waals surface area contributed by atoms with E-state index in [1.54, 1.807) is 11.3 Å². The van der Waals surface area contributed by atoms with E-state index in [0.29, 0.717) is 0 Å². The van der Waals surface area contributed by atoms with Gasteiger partial charge in [0.05, 0.1) is 6.61 Å². The summed E-state index contributed by atoms with van der Waals surface area (Å²) in [6.07, 6.45) is 0. The normalized spacial score (nSPS) is 10.8. The Morgan fingerprint density at radius 3 is 3.00 bits per heavy atom. The SMILES string of the molecule is OCc1csc2ccc(Br)cc12. The van der Waals surface area contributed by atoms with Crippen LogP contribution in [0.25, 0.3) is 10.1 Å². The molecule has 1 aromatic heterocycles. The molecule has 12 heavy (non-hydrogen) atoms. The van der Waals surface area contributed by atoms with E-state index in [2.05, 4.69) is 22.0 Å². The van der Waals surface area contributed by atoms with Gasteiger partial charge in [0.2, 0.25) is 0 Å². The largest absolute Gasteiger partial charge is 0.392 e. The molecule has 0 amide bonds. The molecule has 0 spiro atoms. The third-order valence-corrected chi connectivity index (χ3v) is 3.29. The van der Waals surface area contributed by atoms with Crippen molar-refractivity contribution in [2.24, 2.45) is 0 Å². The summed E-state index contributed by atoms with van der Waals surface area (Å²) < 4.78 is 2.28. The molecule has 0 saturated carbocycles. The second-order valence-electron chi connectivity index (χ2n) is 2.56. The van der Waals surface area contributed by atoms with Gasteiger partial charge in [-0.15, -0.1) is 11.3 Å². The van der Waals surface area contributed by atoms with E-state index < -0.39 is 0 Å². The minimum absolute atomic E-state index is 0.121. The predicted octanol–water partition coefficient (Wildman–Crippen LogP) is 3.16. The highest BCUT2D eigenvalue weighted by Gasteiger charge is 2.02. The standard InChI is InChI=1S/C9H7BrOS/c10-7-1-2-9-8(3-7)6(4-11)5-12-9/h1-3,5,11H,4H2. The third kappa shape index (κ3) is 1.28. The molecule has 0 radical (unpaired) electrons. The van der Waals surface area contributed by atoms with E-state index in [1.165, 1.54) is 4.70 Å². The Bertz CT molecular complexity index is 408. The number of thiophene rings is 1. The lowest BCUT2D eigenvalue weighted by Crippen LogP contribution is -1.77. The number of benzene rings is 1. The van der Waals surface area contributed by atoms with E-state index in [4.69, 9.17) is 5.11 Å². The van der Waals surface area contributed by atoms with Gasteiger partial charge in [-0.2, -0.15) is 0 Å². The molecule has 1 aromatic carbocycles. The number of hydrogen-bond acceptors (Lipinski definition) is 2. The summed E-state index contributed by atoms with van der Waals surface area (Å²) in [6.45, 7) is 0.121. The Kier molecular flexibility index (Phi) is 2.17. The van der Waals surface area contributed by atoms with Crippen LogP contribution in [0, 0.1) is 0 Å². The highest BCUT2D eigenvalue weighted by molar-refractivity contribution is 9.10. The van der Waals surface area contributed by atoms with Crippen molar-refractivity contribution in [2.45, 2.75) is 6.61 Å². The van der Waals surface area contributed by atoms with Crippen LogP contribution in [0.4, 0.5) is 0 Å². The summed E-state index contributed by atoms with van der Waals surface area (Å²) in [4.78, 5) is 0. The average molecular weight is 243 g/mol. The quantitative estimate of drug-likeness (QED) is 0.815. The number of aliphatic hydroxyl groups excluding tert-OH is 1. The van der Waals surface area contributed by atoms with Crippen LogP contribution in [0.3, 0.4) is 0 Å². The molecule has 0 fully saturated rings. The van der Waals surface area contributed by atoms with Crippen LogP contribution < -0.4 is 0 Å². The van der Waals surface area contributed by atoms with Crippen molar-refractivity contribution in [2.75, 3.05) is 0 Å². The molecule has 0 aliphatic carbocycles. The van der Waals surface area contributed by atoms with E-state index in [9.17, 15) is 0 Å². The summed E-state index contributed by atoms with van der Waals surface area (Å²) in [5, 5.41) is 12.2. The van der Waals surface area contributed by atoms with Crippen LogP contribution in [-0.2, 0) is 6.61 Å². The molecular weight excluding hydrogens is 236 g/mol. The Morgan fingerprint density at radius 1 is 1.42 bits per heavy atom. The number of fused-ring (bicyclic) bond motifs is 1. The first-order chi connectivity index (χ1) is 5.81. The fourth-order valence-electron chi connectivity index (χ4n) is 1.18. The zero-order valence-corrected chi connectivity index (χ0v) is 8.65. The van der Waals surface area contributed by atoms with Gasteiger partial charge in [-0.1, -0.05) is 15.9 Å². The zero-order chi connectivity index (χ0) is 8.55. The summed E-state index contributed by atoms with van der Waals surface area (Å²) in [5.74, 6) is 0. The minimum Gasteiger partial charge on any atom is -0.392 e. The summed E-state index contributed by atoms with van der Waals surface area (Å²) >= 11 is 5.07. The first-order valence-electron chi connectivity index (χ1n) is 3.58. The maximum absolute atomic E-state index is 9.01. The lowest BCUT2D eigenvalue weighted by atomic mass is 10.2. The van der Waals surface area contributed by atoms with Crippen molar-refractivity contribution in [1.29, 1.82) is 0 Å². The molecule has 2 rings (SSSR count). The van der Waals surface area contributed by atoms with E-state index >= 15 is 0 Å². The van der Waals surface area contributed by atoms with Gasteiger partial charge < -0.3 is 5.11 Å². The lowest BCUT2D eigenvalue weighted by molar-refractivity contribution is 0.284. The Balaban J connectivity index is 2.75. The second kappa shape index (κ2) is 3.17. The van der Waals surface area contributed by atoms with Crippen LogP contribution >= 0.6 is 27.3 Å². The monoisotopic (exact) mass is 242 g/mol. The van der Waals surface area contributed by atoms with Crippen molar-refractivity contribution in [3.8, 4) is 0 Å². The molecule has 0 aliphatic heterocycles. The van der Waals surface area contributed by atoms with Crippen molar-refractivity contribution < 1.29 is 5.11 Å². The Morgan fingerprint density at radius 2 is 2.25 bits per heavy atom. The summed E-state index contributed by atoms with van der Waals surface area (Å²) in [7, 11) is 0. The third-order valence-electron chi connectivity index (χ3n) is 1.79. The van der Waals surface area contributed by atoms with Crippen LogP contribution in [0.15, 0.2) is 28.1 Å². The van der Waals surface area contributed by atoms with Crippen LogP contribution in [0.5, 0.6) is 0 Å².